The van der Waals surface area contributed by atoms with Crippen LogP contribution < -0.4 is 5.32 Å². The topological polar surface area (TPSA) is 50.1 Å². The normalized spacial score (nSPS) is 24.7. The lowest BCUT2D eigenvalue weighted by atomic mass is 9.85. The van der Waals surface area contributed by atoms with E-state index in [0.717, 1.165) is 18.7 Å². The molecule has 2 atom stereocenters. The smallest absolute Gasteiger partial charge is 0.0762 e. The maximum Gasteiger partial charge on any atom is 0.0762 e. The summed E-state index contributed by atoms with van der Waals surface area (Å²) >= 11 is 0. The largest absolute Gasteiger partial charge is 0.396 e. The molecule has 1 aliphatic carbocycles. The van der Waals surface area contributed by atoms with Crippen LogP contribution >= 0.6 is 0 Å². The molecular weight excluding hydrogens is 226 g/mol. The second-order valence-electron chi connectivity index (χ2n) is 5.60. The average Bonchev–Trinajstić information content (AvgIpc) is 2.85. The second-order valence-corrected chi connectivity index (χ2v) is 5.60. The number of aromatic nitrogens is 2. The molecule has 0 aliphatic heterocycles. The summed E-state index contributed by atoms with van der Waals surface area (Å²) in [4.78, 5) is 0. The molecule has 0 aromatic carbocycles. The van der Waals surface area contributed by atoms with E-state index in [1.54, 1.807) is 0 Å². The van der Waals surface area contributed by atoms with E-state index in [-0.39, 0.29) is 0 Å². The molecule has 0 radical (unpaired) electrons. The fourth-order valence-corrected chi connectivity index (χ4v) is 2.69. The van der Waals surface area contributed by atoms with Gasteiger partial charge in [0.1, 0.15) is 0 Å². The summed E-state index contributed by atoms with van der Waals surface area (Å²) in [5.41, 5.74) is 1.09. The number of aliphatic hydroxyl groups is 1. The Labute approximate surface area is 109 Å². The van der Waals surface area contributed by atoms with E-state index in [1.807, 2.05) is 10.9 Å². The highest BCUT2D eigenvalue weighted by molar-refractivity contribution is 4.99. The van der Waals surface area contributed by atoms with Gasteiger partial charge in [0.15, 0.2) is 0 Å². The van der Waals surface area contributed by atoms with Crippen molar-refractivity contribution in [3.8, 4) is 0 Å². The van der Waals surface area contributed by atoms with E-state index >= 15 is 0 Å². The molecule has 1 fully saturated rings. The Hall–Kier alpha value is -0.870. The molecular formula is C14H25N3O. The molecule has 2 rings (SSSR count). The first-order chi connectivity index (χ1) is 8.70. The van der Waals surface area contributed by atoms with Crippen molar-refractivity contribution >= 4 is 0 Å². The maximum absolute atomic E-state index is 9.38. The van der Waals surface area contributed by atoms with E-state index < -0.39 is 0 Å². The van der Waals surface area contributed by atoms with Gasteiger partial charge in [0.05, 0.1) is 5.69 Å². The van der Waals surface area contributed by atoms with Gasteiger partial charge in [-0.1, -0.05) is 12.8 Å². The lowest BCUT2D eigenvalue weighted by Crippen LogP contribution is -2.39. The van der Waals surface area contributed by atoms with Gasteiger partial charge in [-0.25, -0.2) is 0 Å². The first-order valence-electron chi connectivity index (χ1n) is 7.09. The van der Waals surface area contributed by atoms with Crippen molar-refractivity contribution in [2.45, 2.75) is 58.2 Å². The number of hydrogen-bond donors (Lipinski definition) is 2. The summed E-state index contributed by atoms with van der Waals surface area (Å²) in [6, 6.07) is 2.94. The van der Waals surface area contributed by atoms with Gasteiger partial charge in [-0.2, -0.15) is 5.10 Å². The Morgan fingerprint density at radius 1 is 1.44 bits per heavy atom. The zero-order chi connectivity index (χ0) is 13.0. The summed E-state index contributed by atoms with van der Waals surface area (Å²) in [7, 11) is 0. The first kappa shape index (κ1) is 13.6. The lowest BCUT2D eigenvalue weighted by Gasteiger charge is -2.30. The monoisotopic (exact) mass is 251 g/mol. The third-order valence-electron chi connectivity index (χ3n) is 3.88. The Morgan fingerprint density at radius 2 is 2.22 bits per heavy atom. The predicted octanol–water partition coefficient (Wildman–Crippen LogP) is 2.10. The van der Waals surface area contributed by atoms with Crippen LogP contribution in [0.25, 0.3) is 0 Å². The van der Waals surface area contributed by atoms with Crippen LogP contribution in [-0.2, 0) is 6.54 Å². The molecule has 4 heteroatoms. The van der Waals surface area contributed by atoms with Gasteiger partial charge in [0.25, 0.3) is 0 Å². The zero-order valence-corrected chi connectivity index (χ0v) is 11.5. The quantitative estimate of drug-likeness (QED) is 0.842. The van der Waals surface area contributed by atoms with Crippen LogP contribution in [0.3, 0.4) is 0 Å². The molecule has 1 aromatic heterocycles. The number of rotatable bonds is 5. The standard InChI is InChI=1S/C14H25N3O/c1-11(2)17-8-7-13(16-17)9-15-14-6-4-3-5-12(14)10-18/h7-8,11-12,14-15,18H,3-6,9-10H2,1-2H3. The van der Waals surface area contributed by atoms with Crippen molar-refractivity contribution in [1.82, 2.24) is 15.1 Å². The summed E-state index contributed by atoms with van der Waals surface area (Å²) in [5.74, 6) is 0.422. The minimum absolute atomic E-state index is 0.304. The van der Waals surface area contributed by atoms with Crippen molar-refractivity contribution in [1.29, 1.82) is 0 Å². The zero-order valence-electron chi connectivity index (χ0n) is 11.5. The van der Waals surface area contributed by atoms with Crippen molar-refractivity contribution in [2.24, 2.45) is 5.92 Å². The highest BCUT2D eigenvalue weighted by atomic mass is 16.3. The van der Waals surface area contributed by atoms with Gasteiger partial charge in [-0.15, -0.1) is 0 Å². The molecule has 0 saturated heterocycles. The molecule has 1 aromatic rings. The highest BCUT2D eigenvalue weighted by Crippen LogP contribution is 2.24. The molecule has 1 aliphatic rings. The minimum Gasteiger partial charge on any atom is -0.396 e. The second kappa shape index (κ2) is 6.34. The van der Waals surface area contributed by atoms with Gasteiger partial charge in [-0.3, -0.25) is 4.68 Å². The van der Waals surface area contributed by atoms with E-state index in [1.165, 1.54) is 19.3 Å². The molecule has 0 bridgehead atoms. The van der Waals surface area contributed by atoms with E-state index in [0.29, 0.717) is 24.6 Å². The van der Waals surface area contributed by atoms with Crippen LogP contribution in [0.2, 0.25) is 0 Å². The Bertz CT molecular complexity index is 362. The van der Waals surface area contributed by atoms with Gasteiger partial charge in [0.2, 0.25) is 0 Å². The minimum atomic E-state index is 0.304. The highest BCUT2D eigenvalue weighted by Gasteiger charge is 2.23. The Kier molecular flexibility index (Phi) is 4.78. The van der Waals surface area contributed by atoms with Gasteiger partial charge in [-0.05, 0) is 38.7 Å². The third kappa shape index (κ3) is 3.33. The van der Waals surface area contributed by atoms with Crippen LogP contribution in [0, 0.1) is 5.92 Å². The fourth-order valence-electron chi connectivity index (χ4n) is 2.69. The van der Waals surface area contributed by atoms with Crippen molar-refractivity contribution < 1.29 is 5.11 Å². The maximum atomic E-state index is 9.38. The number of aliphatic hydroxyl groups excluding tert-OH is 1. The summed E-state index contributed by atoms with van der Waals surface area (Å²) in [6.45, 7) is 5.37. The Balaban J connectivity index is 1.85. The van der Waals surface area contributed by atoms with Crippen LogP contribution in [0.5, 0.6) is 0 Å². The molecule has 4 nitrogen and oxygen atoms in total. The fraction of sp³-hybridized carbons (Fsp3) is 0.786. The summed E-state index contributed by atoms with van der Waals surface area (Å²) < 4.78 is 1.99. The molecule has 0 spiro atoms. The lowest BCUT2D eigenvalue weighted by molar-refractivity contribution is 0.152. The van der Waals surface area contributed by atoms with E-state index in [9.17, 15) is 5.11 Å². The Morgan fingerprint density at radius 3 is 2.89 bits per heavy atom. The number of nitrogens with one attached hydrogen (secondary N) is 1. The van der Waals surface area contributed by atoms with E-state index in [4.69, 9.17) is 0 Å². The molecule has 102 valence electrons. The molecule has 2 unspecified atom stereocenters. The van der Waals surface area contributed by atoms with Crippen molar-refractivity contribution in [2.75, 3.05) is 6.61 Å². The SMILES string of the molecule is CC(C)n1ccc(CNC2CCCCC2CO)n1. The van der Waals surface area contributed by atoms with Gasteiger partial charge in [0, 0.05) is 31.4 Å². The molecule has 0 amide bonds. The number of hydrogen-bond acceptors (Lipinski definition) is 3. The number of nitrogens with zero attached hydrogens (tertiary/aromatic N) is 2. The van der Waals surface area contributed by atoms with Crippen molar-refractivity contribution in [3.63, 3.8) is 0 Å². The summed E-state index contributed by atoms with van der Waals surface area (Å²) in [5, 5.41) is 17.5. The molecule has 1 heterocycles. The van der Waals surface area contributed by atoms with Crippen LogP contribution in [0.4, 0.5) is 0 Å². The third-order valence-corrected chi connectivity index (χ3v) is 3.88. The first-order valence-corrected chi connectivity index (χ1v) is 7.09. The summed E-state index contributed by atoms with van der Waals surface area (Å²) in [6.07, 6.45) is 6.89. The van der Waals surface area contributed by atoms with Gasteiger partial charge >= 0.3 is 0 Å². The van der Waals surface area contributed by atoms with Crippen LogP contribution in [-0.4, -0.2) is 27.5 Å². The predicted molar refractivity (Wildman–Crippen MR) is 72.3 cm³/mol. The van der Waals surface area contributed by atoms with Gasteiger partial charge < -0.3 is 10.4 Å². The van der Waals surface area contributed by atoms with Crippen LogP contribution in [0.1, 0.15) is 51.3 Å². The van der Waals surface area contributed by atoms with Crippen molar-refractivity contribution in [3.05, 3.63) is 18.0 Å². The van der Waals surface area contributed by atoms with Crippen LogP contribution in [0.15, 0.2) is 12.3 Å². The molecule has 18 heavy (non-hydrogen) atoms. The molecule has 2 N–H and O–H groups in total. The average molecular weight is 251 g/mol. The molecule has 1 saturated carbocycles. The van der Waals surface area contributed by atoms with E-state index in [2.05, 4.69) is 30.3 Å².